The van der Waals surface area contributed by atoms with Crippen LogP contribution in [0.3, 0.4) is 0 Å². The summed E-state index contributed by atoms with van der Waals surface area (Å²) in [6.45, 7) is 10.9. The van der Waals surface area contributed by atoms with Gasteiger partial charge in [0.1, 0.15) is 5.82 Å². The lowest BCUT2D eigenvalue weighted by Gasteiger charge is -2.18. The Balaban J connectivity index is 2.18. The molecule has 0 fully saturated rings. The molecule has 1 aromatic heterocycles. The molecule has 1 aromatic carbocycles. The van der Waals surface area contributed by atoms with Crippen LogP contribution in [0.5, 0.6) is 0 Å². The lowest BCUT2D eigenvalue weighted by Crippen LogP contribution is -2.25. The van der Waals surface area contributed by atoms with Crippen LogP contribution < -0.4 is 0 Å². The minimum absolute atomic E-state index is 0.472. The molecule has 0 atom stereocenters. The van der Waals surface area contributed by atoms with Crippen LogP contribution in [0.25, 0.3) is 11.0 Å². The van der Waals surface area contributed by atoms with Crippen LogP contribution in [0.2, 0.25) is 0 Å². The lowest BCUT2D eigenvalue weighted by atomic mass is 10.2. The Kier molecular flexibility index (Phi) is 5.44. The first kappa shape index (κ1) is 15.3. The number of nitrogens with zero attached hydrogens (tertiary/aromatic N) is 3. The molecule has 0 amide bonds. The van der Waals surface area contributed by atoms with Gasteiger partial charge in [-0.2, -0.15) is 0 Å². The molecule has 20 heavy (non-hydrogen) atoms. The average molecular weight is 294 g/mol. The second-order valence-electron chi connectivity index (χ2n) is 5.14. The first-order valence-corrected chi connectivity index (χ1v) is 7.97. The fraction of sp³-hybridized carbons (Fsp3) is 0.562. The van der Waals surface area contributed by atoms with Crippen molar-refractivity contribution < 1.29 is 0 Å². The van der Waals surface area contributed by atoms with Gasteiger partial charge in [-0.3, -0.25) is 0 Å². The molecular weight excluding hydrogens is 270 g/mol. The first-order valence-electron chi connectivity index (χ1n) is 7.44. The monoisotopic (exact) mass is 293 g/mol. The predicted molar refractivity (Wildman–Crippen MR) is 86.4 cm³/mol. The Hall–Kier alpha value is -1.06. The van der Waals surface area contributed by atoms with E-state index >= 15 is 0 Å². The molecule has 0 saturated heterocycles. The number of para-hydroxylation sites is 1. The first-order chi connectivity index (χ1) is 9.71. The van der Waals surface area contributed by atoms with E-state index in [1.54, 1.807) is 0 Å². The highest BCUT2D eigenvalue weighted by atomic mass is 35.5. The number of halogens is 1. The second kappa shape index (κ2) is 7.09. The Labute approximate surface area is 126 Å². The summed E-state index contributed by atoms with van der Waals surface area (Å²) in [5.41, 5.74) is 3.52. The van der Waals surface area contributed by atoms with Crippen LogP contribution in [0.4, 0.5) is 0 Å². The number of hydrogen-bond donors (Lipinski definition) is 0. The van der Waals surface area contributed by atoms with Crippen LogP contribution in [-0.2, 0) is 12.4 Å². The number of benzene rings is 1. The Morgan fingerprint density at radius 2 is 2.00 bits per heavy atom. The Bertz CT molecular complexity index is 558. The summed E-state index contributed by atoms with van der Waals surface area (Å²) in [5, 5.41) is 0. The van der Waals surface area contributed by atoms with Crippen molar-refractivity contribution in [2.45, 2.75) is 39.6 Å². The van der Waals surface area contributed by atoms with Crippen molar-refractivity contribution in [1.29, 1.82) is 0 Å². The van der Waals surface area contributed by atoms with Gasteiger partial charge in [-0.05, 0) is 44.6 Å². The highest BCUT2D eigenvalue weighted by molar-refractivity contribution is 6.16. The van der Waals surface area contributed by atoms with E-state index in [1.165, 1.54) is 11.1 Å². The van der Waals surface area contributed by atoms with E-state index in [2.05, 4.69) is 53.4 Å². The topological polar surface area (TPSA) is 21.1 Å². The second-order valence-corrected chi connectivity index (χ2v) is 5.40. The van der Waals surface area contributed by atoms with Crippen LogP contribution in [-0.4, -0.2) is 34.1 Å². The van der Waals surface area contributed by atoms with Gasteiger partial charge in [0, 0.05) is 6.54 Å². The largest absolute Gasteiger partial charge is 0.327 e. The molecule has 0 N–H and O–H groups in total. The van der Waals surface area contributed by atoms with E-state index in [4.69, 9.17) is 11.6 Å². The van der Waals surface area contributed by atoms with Crippen molar-refractivity contribution in [3.63, 3.8) is 0 Å². The van der Waals surface area contributed by atoms with Crippen molar-refractivity contribution in [2.24, 2.45) is 0 Å². The van der Waals surface area contributed by atoms with Gasteiger partial charge in [0.05, 0.1) is 16.9 Å². The zero-order valence-electron chi connectivity index (χ0n) is 12.7. The average Bonchev–Trinajstić information content (AvgIpc) is 2.83. The maximum atomic E-state index is 6.06. The molecule has 3 nitrogen and oxygen atoms in total. The van der Waals surface area contributed by atoms with Gasteiger partial charge < -0.3 is 9.47 Å². The Morgan fingerprint density at radius 1 is 1.25 bits per heavy atom. The van der Waals surface area contributed by atoms with E-state index in [0.29, 0.717) is 5.88 Å². The summed E-state index contributed by atoms with van der Waals surface area (Å²) in [7, 11) is 0. The quantitative estimate of drug-likeness (QED) is 0.724. The standard InChI is InChI=1S/C16H24ClN3/c1-4-19(5-2)10-7-11-20-14-9-6-8-13(3)16(14)18-15(20)12-17/h6,8-9H,4-5,7,10-12H2,1-3H3. The van der Waals surface area contributed by atoms with Crippen molar-refractivity contribution in [3.8, 4) is 0 Å². The number of aromatic nitrogens is 2. The number of imidazole rings is 1. The minimum Gasteiger partial charge on any atom is -0.327 e. The molecule has 0 radical (unpaired) electrons. The molecule has 0 unspecified atom stereocenters. The summed E-state index contributed by atoms with van der Waals surface area (Å²) in [4.78, 5) is 7.14. The summed E-state index contributed by atoms with van der Waals surface area (Å²) in [6, 6.07) is 6.34. The van der Waals surface area contributed by atoms with Crippen LogP contribution in [0.1, 0.15) is 31.7 Å². The molecule has 0 bridgehead atoms. The molecule has 110 valence electrons. The maximum absolute atomic E-state index is 6.06. The third-order valence-electron chi connectivity index (χ3n) is 3.93. The minimum atomic E-state index is 0.472. The summed E-state index contributed by atoms with van der Waals surface area (Å²) in [5.74, 6) is 1.45. The van der Waals surface area contributed by atoms with Crippen molar-refractivity contribution in [2.75, 3.05) is 19.6 Å². The van der Waals surface area contributed by atoms with E-state index in [9.17, 15) is 0 Å². The fourth-order valence-electron chi connectivity index (χ4n) is 2.68. The summed E-state index contributed by atoms with van der Waals surface area (Å²) < 4.78 is 2.28. The molecule has 0 aliphatic rings. The van der Waals surface area contributed by atoms with Crippen LogP contribution in [0, 0.1) is 6.92 Å². The Morgan fingerprint density at radius 3 is 2.65 bits per heavy atom. The fourth-order valence-corrected chi connectivity index (χ4v) is 2.88. The third kappa shape index (κ3) is 3.15. The number of aryl methyl sites for hydroxylation is 2. The van der Waals surface area contributed by atoms with E-state index in [-0.39, 0.29) is 0 Å². The molecule has 0 spiro atoms. The zero-order valence-corrected chi connectivity index (χ0v) is 13.5. The predicted octanol–water partition coefficient (Wildman–Crippen LogP) is 3.82. The van der Waals surface area contributed by atoms with Crippen molar-refractivity contribution in [3.05, 3.63) is 29.6 Å². The number of rotatable bonds is 7. The number of alkyl halides is 1. The number of hydrogen-bond acceptors (Lipinski definition) is 2. The van der Waals surface area contributed by atoms with Gasteiger partial charge in [0.15, 0.2) is 0 Å². The molecule has 1 heterocycles. The lowest BCUT2D eigenvalue weighted by molar-refractivity contribution is 0.293. The highest BCUT2D eigenvalue weighted by Crippen LogP contribution is 2.21. The third-order valence-corrected chi connectivity index (χ3v) is 4.17. The van der Waals surface area contributed by atoms with E-state index < -0.39 is 0 Å². The number of fused-ring (bicyclic) bond motifs is 1. The molecule has 4 heteroatoms. The van der Waals surface area contributed by atoms with Gasteiger partial charge in [-0.25, -0.2) is 4.98 Å². The van der Waals surface area contributed by atoms with Gasteiger partial charge in [-0.1, -0.05) is 26.0 Å². The highest BCUT2D eigenvalue weighted by Gasteiger charge is 2.11. The zero-order chi connectivity index (χ0) is 14.5. The molecule has 2 rings (SSSR count). The van der Waals surface area contributed by atoms with Gasteiger partial charge in [-0.15, -0.1) is 11.6 Å². The van der Waals surface area contributed by atoms with Gasteiger partial charge in [0.25, 0.3) is 0 Å². The smallest absolute Gasteiger partial charge is 0.124 e. The molecule has 2 aromatic rings. The van der Waals surface area contributed by atoms with Gasteiger partial charge in [0.2, 0.25) is 0 Å². The van der Waals surface area contributed by atoms with Crippen LogP contribution in [0.15, 0.2) is 18.2 Å². The SMILES string of the molecule is CCN(CC)CCCn1c(CCl)nc2c(C)cccc21. The van der Waals surface area contributed by atoms with Crippen molar-refractivity contribution >= 4 is 22.6 Å². The maximum Gasteiger partial charge on any atom is 0.124 e. The molecule has 0 aliphatic carbocycles. The summed E-state index contributed by atoms with van der Waals surface area (Å²) in [6.07, 6.45) is 1.13. The van der Waals surface area contributed by atoms with E-state index in [1.807, 2.05) is 0 Å². The molecule has 0 aliphatic heterocycles. The van der Waals surface area contributed by atoms with E-state index in [0.717, 1.165) is 43.9 Å². The van der Waals surface area contributed by atoms with Crippen LogP contribution >= 0.6 is 11.6 Å². The molecule has 0 saturated carbocycles. The normalized spacial score (nSPS) is 11.7. The molecular formula is C16H24ClN3. The van der Waals surface area contributed by atoms with Crippen molar-refractivity contribution in [1.82, 2.24) is 14.5 Å². The summed E-state index contributed by atoms with van der Waals surface area (Å²) >= 11 is 6.06. The van der Waals surface area contributed by atoms with Gasteiger partial charge >= 0.3 is 0 Å².